The second-order valence-electron chi connectivity index (χ2n) is 5.63. The van der Waals surface area contributed by atoms with Gasteiger partial charge in [-0.1, -0.05) is 0 Å². The normalized spacial score (nSPS) is 11.1. The lowest BCUT2D eigenvalue weighted by Crippen LogP contribution is -1.94. The van der Waals surface area contributed by atoms with Gasteiger partial charge in [0.05, 0.1) is 25.3 Å². The Balaban J connectivity index is 2.11. The largest absolute Gasteiger partial charge is 0.497 e. The highest BCUT2D eigenvalue weighted by atomic mass is 16.5. The lowest BCUT2D eigenvalue weighted by Gasteiger charge is -2.14. The van der Waals surface area contributed by atoms with E-state index in [1.807, 2.05) is 31.4 Å². The molecule has 0 N–H and O–H groups in total. The predicted molar refractivity (Wildman–Crippen MR) is 94.6 cm³/mol. The van der Waals surface area contributed by atoms with E-state index in [0.29, 0.717) is 0 Å². The van der Waals surface area contributed by atoms with Crippen LogP contribution in [0.25, 0.3) is 32.9 Å². The van der Waals surface area contributed by atoms with E-state index in [1.54, 1.807) is 20.5 Å². The zero-order valence-corrected chi connectivity index (χ0v) is 13.8. The average molecular weight is 319 g/mol. The molecule has 0 aliphatic carbocycles. The first-order valence-corrected chi connectivity index (χ1v) is 7.63. The zero-order valence-electron chi connectivity index (χ0n) is 13.8. The molecule has 0 aliphatic heterocycles. The van der Waals surface area contributed by atoms with Crippen LogP contribution in [0.5, 0.6) is 11.5 Å². The topological polar surface area (TPSA) is 49.2 Å². The molecule has 0 radical (unpaired) electrons. The minimum absolute atomic E-state index is 0.766. The summed E-state index contributed by atoms with van der Waals surface area (Å²) < 4.78 is 13.0. The highest BCUT2D eigenvalue weighted by molar-refractivity contribution is 6.12. The van der Waals surface area contributed by atoms with Crippen LogP contribution >= 0.6 is 0 Å². The first-order chi connectivity index (χ1) is 11.7. The smallest absolute Gasteiger partial charge is 0.130 e. The summed E-state index contributed by atoms with van der Waals surface area (Å²) in [6, 6.07) is 10.0. The number of aryl methyl sites for hydroxylation is 1. The van der Waals surface area contributed by atoms with Crippen LogP contribution in [0.2, 0.25) is 0 Å². The molecule has 0 aliphatic rings. The summed E-state index contributed by atoms with van der Waals surface area (Å²) >= 11 is 0. The van der Waals surface area contributed by atoms with Crippen molar-refractivity contribution in [3.63, 3.8) is 0 Å². The molecule has 5 heteroatoms. The molecule has 4 aromatic rings. The molecule has 0 saturated heterocycles. The summed E-state index contributed by atoms with van der Waals surface area (Å²) in [6.07, 6.45) is 5.49. The van der Waals surface area contributed by atoms with Gasteiger partial charge in [0.25, 0.3) is 0 Å². The minimum Gasteiger partial charge on any atom is -0.497 e. The zero-order chi connectivity index (χ0) is 16.7. The van der Waals surface area contributed by atoms with Gasteiger partial charge in [-0.2, -0.15) is 0 Å². The van der Waals surface area contributed by atoms with Crippen LogP contribution in [0, 0.1) is 0 Å². The van der Waals surface area contributed by atoms with Crippen LogP contribution in [0.15, 0.2) is 49.1 Å². The van der Waals surface area contributed by atoms with Gasteiger partial charge >= 0.3 is 0 Å². The minimum atomic E-state index is 0.766. The van der Waals surface area contributed by atoms with Gasteiger partial charge < -0.3 is 14.0 Å². The van der Waals surface area contributed by atoms with Crippen molar-refractivity contribution in [2.45, 2.75) is 0 Å². The highest BCUT2D eigenvalue weighted by Gasteiger charge is 2.16. The first-order valence-electron chi connectivity index (χ1n) is 7.63. The molecule has 120 valence electrons. The average Bonchev–Trinajstić information content (AvgIpc) is 3.03. The number of benzene rings is 2. The van der Waals surface area contributed by atoms with Gasteiger partial charge in [-0.3, -0.25) is 0 Å². The van der Waals surface area contributed by atoms with Gasteiger partial charge in [-0.05, 0) is 24.3 Å². The summed E-state index contributed by atoms with van der Waals surface area (Å²) in [5.41, 5.74) is 4.12. The highest BCUT2D eigenvalue weighted by Crippen LogP contribution is 2.39. The Morgan fingerprint density at radius 2 is 1.83 bits per heavy atom. The van der Waals surface area contributed by atoms with Gasteiger partial charge in [-0.25, -0.2) is 9.97 Å². The van der Waals surface area contributed by atoms with Crippen LogP contribution in [-0.2, 0) is 7.05 Å². The molecule has 2 heterocycles. The van der Waals surface area contributed by atoms with E-state index in [2.05, 4.69) is 32.9 Å². The van der Waals surface area contributed by atoms with Gasteiger partial charge in [-0.15, -0.1) is 0 Å². The number of hydrogen-bond donors (Lipinski definition) is 0. The summed E-state index contributed by atoms with van der Waals surface area (Å²) in [6.45, 7) is 0. The second-order valence-corrected chi connectivity index (χ2v) is 5.63. The molecule has 2 aromatic heterocycles. The fraction of sp³-hybridized carbons (Fsp3) is 0.158. The molecular weight excluding hydrogens is 302 g/mol. The van der Waals surface area contributed by atoms with E-state index in [-0.39, 0.29) is 0 Å². The standard InChI is InChI=1S/C19H17N3O2/c1-22-7-6-14-16-10-20-11-21-17(16)9-15(19(14)22)13-5-4-12(23-2)8-18(13)24-3/h4-11H,1-3H3. The Bertz CT molecular complexity index is 1050. The fourth-order valence-corrected chi connectivity index (χ4v) is 3.18. The maximum Gasteiger partial charge on any atom is 0.130 e. The van der Waals surface area contributed by atoms with Crippen molar-refractivity contribution in [3.8, 4) is 22.6 Å². The van der Waals surface area contributed by atoms with Crippen molar-refractivity contribution in [1.82, 2.24) is 14.5 Å². The Kier molecular flexibility index (Phi) is 3.34. The quantitative estimate of drug-likeness (QED) is 0.576. The maximum absolute atomic E-state index is 5.60. The molecule has 2 aromatic carbocycles. The van der Waals surface area contributed by atoms with E-state index in [4.69, 9.17) is 9.47 Å². The van der Waals surface area contributed by atoms with Crippen LogP contribution < -0.4 is 9.47 Å². The van der Waals surface area contributed by atoms with Crippen molar-refractivity contribution < 1.29 is 9.47 Å². The summed E-state index contributed by atoms with van der Waals surface area (Å²) in [4.78, 5) is 8.60. The Labute approximate surface area is 139 Å². The SMILES string of the molecule is COc1ccc(-c2cc3ncncc3c3ccn(C)c23)c(OC)c1. The van der Waals surface area contributed by atoms with Crippen molar-refractivity contribution in [2.24, 2.45) is 7.05 Å². The van der Waals surface area contributed by atoms with Crippen molar-refractivity contribution in [1.29, 1.82) is 0 Å². The van der Waals surface area contributed by atoms with Crippen LogP contribution in [-0.4, -0.2) is 28.8 Å². The molecule has 0 amide bonds. The molecule has 24 heavy (non-hydrogen) atoms. The molecule has 0 unspecified atom stereocenters. The lowest BCUT2D eigenvalue weighted by atomic mass is 9.99. The summed E-state index contributed by atoms with van der Waals surface area (Å²) in [5.74, 6) is 1.53. The number of methoxy groups -OCH3 is 2. The number of ether oxygens (including phenoxy) is 2. The molecule has 5 nitrogen and oxygen atoms in total. The molecule has 4 rings (SSSR count). The third-order valence-corrected chi connectivity index (χ3v) is 4.34. The molecule has 0 fully saturated rings. The van der Waals surface area contributed by atoms with E-state index in [1.165, 1.54) is 0 Å². The molecule has 0 spiro atoms. The molecular formula is C19H17N3O2. The van der Waals surface area contributed by atoms with Crippen molar-refractivity contribution in [3.05, 3.63) is 49.1 Å². The third kappa shape index (κ3) is 2.09. The first kappa shape index (κ1) is 14.5. The number of rotatable bonds is 3. The maximum atomic E-state index is 5.60. The third-order valence-electron chi connectivity index (χ3n) is 4.34. The van der Waals surface area contributed by atoms with Crippen LogP contribution in [0.1, 0.15) is 0 Å². The van der Waals surface area contributed by atoms with Gasteiger partial charge in [0.2, 0.25) is 0 Å². The molecule has 0 atom stereocenters. The van der Waals surface area contributed by atoms with Gasteiger partial charge in [0, 0.05) is 47.4 Å². The summed E-state index contributed by atoms with van der Waals surface area (Å²) in [7, 11) is 5.36. The Hall–Kier alpha value is -3.08. The predicted octanol–water partition coefficient (Wildman–Crippen LogP) is 3.81. The molecule has 0 saturated carbocycles. The van der Waals surface area contributed by atoms with Gasteiger partial charge in [0.15, 0.2) is 0 Å². The van der Waals surface area contributed by atoms with Gasteiger partial charge in [0.1, 0.15) is 17.8 Å². The Morgan fingerprint density at radius 3 is 2.62 bits per heavy atom. The Morgan fingerprint density at radius 1 is 0.958 bits per heavy atom. The van der Waals surface area contributed by atoms with Crippen LogP contribution in [0.3, 0.4) is 0 Å². The molecule has 0 bridgehead atoms. The number of aromatic nitrogens is 3. The van der Waals surface area contributed by atoms with E-state index in [0.717, 1.165) is 44.4 Å². The number of nitrogens with zero attached hydrogens (tertiary/aromatic N) is 3. The second kappa shape index (κ2) is 5.53. The van der Waals surface area contributed by atoms with Crippen molar-refractivity contribution in [2.75, 3.05) is 14.2 Å². The van der Waals surface area contributed by atoms with Crippen LogP contribution in [0.4, 0.5) is 0 Å². The monoisotopic (exact) mass is 319 g/mol. The lowest BCUT2D eigenvalue weighted by molar-refractivity contribution is 0.395. The number of hydrogen-bond acceptors (Lipinski definition) is 4. The van der Waals surface area contributed by atoms with E-state index < -0.39 is 0 Å². The van der Waals surface area contributed by atoms with E-state index in [9.17, 15) is 0 Å². The fourth-order valence-electron chi connectivity index (χ4n) is 3.18. The summed E-state index contributed by atoms with van der Waals surface area (Å²) in [5, 5.41) is 2.17. The number of fused-ring (bicyclic) bond motifs is 3. The van der Waals surface area contributed by atoms with E-state index >= 15 is 0 Å². The van der Waals surface area contributed by atoms with Crippen molar-refractivity contribution >= 4 is 21.8 Å².